The van der Waals surface area contributed by atoms with E-state index in [4.69, 9.17) is 9.47 Å². The van der Waals surface area contributed by atoms with Crippen LogP contribution in [0.4, 0.5) is 0 Å². The van der Waals surface area contributed by atoms with Gasteiger partial charge in [-0.15, -0.1) is 0 Å². The maximum atomic E-state index is 12.7. The molecule has 1 aromatic rings. The second kappa shape index (κ2) is 8.67. The minimum atomic E-state index is -0.590. The zero-order valence-electron chi connectivity index (χ0n) is 13.9. The molecule has 0 aromatic heterocycles. The zero-order valence-corrected chi connectivity index (χ0v) is 13.9. The predicted molar refractivity (Wildman–Crippen MR) is 86.9 cm³/mol. The summed E-state index contributed by atoms with van der Waals surface area (Å²) in [5, 5.41) is 0. The number of amides is 1. The van der Waals surface area contributed by atoms with Crippen LogP contribution in [-0.2, 0) is 25.5 Å². The largest absolute Gasteiger partial charge is 0.464 e. The molecule has 0 unspecified atom stereocenters. The Morgan fingerprint density at radius 1 is 1.26 bits per heavy atom. The third-order valence-electron chi connectivity index (χ3n) is 4.22. The summed E-state index contributed by atoms with van der Waals surface area (Å²) in [5.74, 6) is -0.414. The Labute approximate surface area is 137 Å². The first kappa shape index (κ1) is 17.5. The van der Waals surface area contributed by atoms with Crippen LogP contribution in [-0.4, -0.2) is 49.7 Å². The van der Waals surface area contributed by atoms with Crippen molar-refractivity contribution in [2.45, 2.75) is 32.2 Å². The van der Waals surface area contributed by atoms with Gasteiger partial charge in [0, 0.05) is 32.6 Å². The molecule has 0 saturated carbocycles. The van der Waals surface area contributed by atoms with Crippen molar-refractivity contribution in [3.05, 3.63) is 35.9 Å². The highest BCUT2D eigenvalue weighted by Crippen LogP contribution is 2.20. The van der Waals surface area contributed by atoms with Crippen LogP contribution in [0.2, 0.25) is 0 Å². The molecule has 0 bridgehead atoms. The number of ether oxygens (including phenoxy) is 2. The van der Waals surface area contributed by atoms with Gasteiger partial charge in [-0.05, 0) is 25.3 Å². The van der Waals surface area contributed by atoms with Gasteiger partial charge >= 0.3 is 5.97 Å². The normalized spacial score (nSPS) is 16.6. The number of rotatable bonds is 6. The lowest BCUT2D eigenvalue weighted by Gasteiger charge is -2.31. The fourth-order valence-electron chi connectivity index (χ4n) is 2.84. The smallest absolute Gasteiger partial charge is 0.329 e. The average Bonchev–Trinajstić information content (AvgIpc) is 2.60. The zero-order chi connectivity index (χ0) is 16.7. The Kier molecular flexibility index (Phi) is 6.59. The Morgan fingerprint density at radius 2 is 1.91 bits per heavy atom. The SMILES string of the molecule is CCOC(=O)[C@@H](Cc1ccccc1)N(C)C(=O)C1CCOCC1. The third-order valence-corrected chi connectivity index (χ3v) is 4.22. The van der Waals surface area contributed by atoms with E-state index in [2.05, 4.69) is 0 Å². The van der Waals surface area contributed by atoms with E-state index in [1.165, 1.54) is 0 Å². The number of carbonyl (C=O) groups excluding carboxylic acids is 2. The van der Waals surface area contributed by atoms with Crippen LogP contribution in [0, 0.1) is 5.92 Å². The molecular formula is C18H25NO4. The molecule has 0 spiro atoms. The van der Waals surface area contributed by atoms with Crippen molar-refractivity contribution in [2.24, 2.45) is 5.92 Å². The number of hydrogen-bond acceptors (Lipinski definition) is 4. The van der Waals surface area contributed by atoms with Crippen LogP contribution >= 0.6 is 0 Å². The van der Waals surface area contributed by atoms with Gasteiger partial charge in [0.25, 0.3) is 0 Å². The summed E-state index contributed by atoms with van der Waals surface area (Å²) in [6, 6.07) is 9.11. The van der Waals surface area contributed by atoms with E-state index >= 15 is 0 Å². The van der Waals surface area contributed by atoms with Crippen LogP contribution < -0.4 is 0 Å². The topological polar surface area (TPSA) is 55.8 Å². The second-order valence-electron chi connectivity index (χ2n) is 5.79. The molecule has 1 fully saturated rings. The molecule has 1 aliphatic rings. The quantitative estimate of drug-likeness (QED) is 0.753. The van der Waals surface area contributed by atoms with Crippen molar-refractivity contribution in [1.29, 1.82) is 0 Å². The molecule has 1 aliphatic heterocycles. The van der Waals surface area contributed by atoms with Crippen LogP contribution in [0.15, 0.2) is 30.3 Å². The van der Waals surface area contributed by atoms with Crippen LogP contribution in [0.1, 0.15) is 25.3 Å². The van der Waals surface area contributed by atoms with Gasteiger partial charge in [-0.25, -0.2) is 4.79 Å². The number of carbonyl (C=O) groups is 2. The molecule has 1 atom stereocenters. The third kappa shape index (κ3) is 4.79. The summed E-state index contributed by atoms with van der Waals surface area (Å²) >= 11 is 0. The van der Waals surface area contributed by atoms with Gasteiger partial charge in [0.05, 0.1) is 6.61 Å². The molecule has 1 saturated heterocycles. The lowest BCUT2D eigenvalue weighted by atomic mass is 9.97. The molecular weight excluding hydrogens is 294 g/mol. The number of likely N-dealkylation sites (N-methyl/N-ethyl adjacent to an activating group) is 1. The Bertz CT molecular complexity index is 511. The maximum absolute atomic E-state index is 12.7. The van der Waals surface area contributed by atoms with Crippen molar-refractivity contribution >= 4 is 11.9 Å². The first-order valence-corrected chi connectivity index (χ1v) is 8.18. The Balaban J connectivity index is 2.11. The van der Waals surface area contributed by atoms with Gasteiger partial charge in [0.2, 0.25) is 5.91 Å². The van der Waals surface area contributed by atoms with Crippen molar-refractivity contribution in [2.75, 3.05) is 26.9 Å². The van der Waals surface area contributed by atoms with Crippen molar-refractivity contribution < 1.29 is 19.1 Å². The Hall–Kier alpha value is -1.88. The van der Waals surface area contributed by atoms with Crippen LogP contribution in [0.25, 0.3) is 0 Å². The van der Waals surface area contributed by atoms with Crippen LogP contribution in [0.5, 0.6) is 0 Å². The highest BCUT2D eigenvalue weighted by molar-refractivity contribution is 5.86. The molecule has 0 N–H and O–H groups in total. The first-order valence-electron chi connectivity index (χ1n) is 8.18. The lowest BCUT2D eigenvalue weighted by Crippen LogP contribution is -2.47. The number of esters is 1. The Morgan fingerprint density at radius 3 is 2.52 bits per heavy atom. The van der Waals surface area contributed by atoms with E-state index in [-0.39, 0.29) is 17.8 Å². The minimum Gasteiger partial charge on any atom is -0.464 e. The van der Waals surface area contributed by atoms with E-state index in [1.54, 1.807) is 18.9 Å². The molecule has 1 amide bonds. The number of benzene rings is 1. The van der Waals surface area contributed by atoms with Gasteiger partial charge in [-0.3, -0.25) is 4.79 Å². The highest BCUT2D eigenvalue weighted by atomic mass is 16.5. The van der Waals surface area contributed by atoms with Gasteiger partial charge in [-0.2, -0.15) is 0 Å². The van der Waals surface area contributed by atoms with Gasteiger partial charge in [0.15, 0.2) is 0 Å². The van der Waals surface area contributed by atoms with E-state index < -0.39 is 6.04 Å². The van der Waals surface area contributed by atoms with E-state index in [0.717, 1.165) is 5.56 Å². The molecule has 1 heterocycles. The summed E-state index contributed by atoms with van der Waals surface area (Å²) in [6.45, 7) is 3.29. The van der Waals surface area contributed by atoms with Crippen LogP contribution in [0.3, 0.4) is 0 Å². The van der Waals surface area contributed by atoms with E-state index in [1.807, 2.05) is 30.3 Å². The van der Waals surface area contributed by atoms with Gasteiger partial charge in [0.1, 0.15) is 6.04 Å². The summed E-state index contributed by atoms with van der Waals surface area (Å²) in [7, 11) is 1.70. The van der Waals surface area contributed by atoms with E-state index in [0.29, 0.717) is 39.1 Å². The van der Waals surface area contributed by atoms with Gasteiger partial charge in [-0.1, -0.05) is 30.3 Å². The number of nitrogens with zero attached hydrogens (tertiary/aromatic N) is 1. The van der Waals surface area contributed by atoms with Crippen molar-refractivity contribution in [3.8, 4) is 0 Å². The second-order valence-corrected chi connectivity index (χ2v) is 5.79. The summed E-state index contributed by atoms with van der Waals surface area (Å²) < 4.78 is 10.5. The minimum absolute atomic E-state index is 0.00211. The van der Waals surface area contributed by atoms with Crippen molar-refractivity contribution in [1.82, 2.24) is 4.90 Å². The molecule has 23 heavy (non-hydrogen) atoms. The van der Waals surface area contributed by atoms with Crippen molar-refractivity contribution in [3.63, 3.8) is 0 Å². The molecule has 0 aliphatic carbocycles. The molecule has 126 valence electrons. The maximum Gasteiger partial charge on any atom is 0.329 e. The van der Waals surface area contributed by atoms with E-state index in [9.17, 15) is 9.59 Å². The standard InChI is InChI=1S/C18H25NO4/c1-3-23-18(21)16(13-14-7-5-4-6-8-14)19(2)17(20)15-9-11-22-12-10-15/h4-8,15-16H,3,9-13H2,1-2H3/t16-/m1/s1. The number of hydrogen-bond donors (Lipinski definition) is 0. The molecule has 5 nitrogen and oxygen atoms in total. The molecule has 5 heteroatoms. The molecule has 1 aromatic carbocycles. The monoisotopic (exact) mass is 319 g/mol. The summed E-state index contributed by atoms with van der Waals surface area (Å²) in [6.07, 6.45) is 1.89. The van der Waals surface area contributed by atoms with Gasteiger partial charge < -0.3 is 14.4 Å². The summed E-state index contributed by atoms with van der Waals surface area (Å²) in [5.41, 5.74) is 1.01. The first-order chi connectivity index (χ1) is 11.1. The average molecular weight is 319 g/mol. The summed E-state index contributed by atoms with van der Waals surface area (Å²) in [4.78, 5) is 26.6. The fourth-order valence-corrected chi connectivity index (χ4v) is 2.84. The lowest BCUT2D eigenvalue weighted by molar-refractivity contribution is -0.156. The predicted octanol–water partition coefficient (Wildman–Crippen LogP) is 2.05. The highest BCUT2D eigenvalue weighted by Gasteiger charge is 2.32. The molecule has 2 rings (SSSR count). The molecule has 0 radical (unpaired) electrons. The fraction of sp³-hybridized carbons (Fsp3) is 0.556.